The van der Waals surface area contributed by atoms with Crippen molar-refractivity contribution in [2.75, 3.05) is 19.4 Å². The number of hydrogen-bond donors (Lipinski definition) is 2. The highest BCUT2D eigenvalue weighted by Gasteiger charge is 2.31. The van der Waals surface area contributed by atoms with Gasteiger partial charge < -0.3 is 10.2 Å². The number of thiol groups is 1. The molecule has 1 unspecified atom stereocenters. The predicted octanol–water partition coefficient (Wildman–Crippen LogP) is 5.85. The molecule has 0 fully saturated rings. The normalized spacial score (nSPS) is 14.8. The fraction of sp³-hybridized carbons (Fsp3) is 0.464. The molecule has 2 aromatic rings. The molecule has 0 saturated heterocycles. The summed E-state index contributed by atoms with van der Waals surface area (Å²) >= 11 is 0. The average Bonchev–Trinajstić information content (AvgIpc) is 3.29. The Kier molecular flexibility index (Phi) is 8.72. The number of benzene rings is 2. The SMILES string of the molecule is CC(C)c1cc(C2=CCCC2)cc(C(C)C)c1C(C(=O)Nc1ccc(CN(C)C)cc1)[SH](=O)=O. The highest BCUT2D eigenvalue weighted by molar-refractivity contribution is 7.73. The van der Waals surface area contributed by atoms with Crippen LogP contribution in [0, 0.1) is 0 Å². The maximum absolute atomic E-state index is 13.4. The number of nitrogens with zero attached hydrogens (tertiary/aromatic N) is 1. The van der Waals surface area contributed by atoms with Gasteiger partial charge in [-0.2, -0.15) is 0 Å². The van der Waals surface area contributed by atoms with Crippen molar-refractivity contribution in [3.05, 3.63) is 70.3 Å². The molecule has 0 radical (unpaired) electrons. The minimum absolute atomic E-state index is 0.0880. The molecule has 1 N–H and O–H groups in total. The van der Waals surface area contributed by atoms with Crippen LogP contribution in [0.2, 0.25) is 0 Å². The van der Waals surface area contributed by atoms with E-state index in [1.165, 1.54) is 5.57 Å². The summed E-state index contributed by atoms with van der Waals surface area (Å²) in [7, 11) is 0.968. The lowest BCUT2D eigenvalue weighted by Crippen LogP contribution is -2.25. The highest BCUT2D eigenvalue weighted by Crippen LogP contribution is 2.39. The van der Waals surface area contributed by atoms with Crippen LogP contribution in [0.3, 0.4) is 0 Å². The van der Waals surface area contributed by atoms with E-state index >= 15 is 0 Å². The molecule has 184 valence electrons. The van der Waals surface area contributed by atoms with Gasteiger partial charge in [-0.25, -0.2) is 8.42 Å². The number of amides is 1. The summed E-state index contributed by atoms with van der Waals surface area (Å²) in [5, 5.41) is 1.62. The third kappa shape index (κ3) is 6.16. The molecule has 34 heavy (non-hydrogen) atoms. The van der Waals surface area contributed by atoms with E-state index in [9.17, 15) is 13.2 Å². The molecule has 3 rings (SSSR count). The summed E-state index contributed by atoms with van der Waals surface area (Å²) in [4.78, 5) is 15.5. The summed E-state index contributed by atoms with van der Waals surface area (Å²) < 4.78 is 25.1. The Labute approximate surface area is 206 Å². The van der Waals surface area contributed by atoms with E-state index in [1.54, 1.807) is 0 Å². The second kappa shape index (κ2) is 11.3. The van der Waals surface area contributed by atoms with Gasteiger partial charge in [0.1, 0.15) is 0 Å². The Bertz CT molecular complexity index is 1090. The highest BCUT2D eigenvalue weighted by atomic mass is 32.2. The maximum Gasteiger partial charge on any atom is 0.247 e. The summed E-state index contributed by atoms with van der Waals surface area (Å²) in [5.41, 5.74) is 6.72. The Morgan fingerprint density at radius 2 is 1.59 bits per heavy atom. The lowest BCUT2D eigenvalue weighted by molar-refractivity contribution is -0.115. The molecule has 1 aliphatic rings. The lowest BCUT2D eigenvalue weighted by Gasteiger charge is -2.25. The minimum Gasteiger partial charge on any atom is -0.325 e. The molecule has 0 aliphatic heterocycles. The fourth-order valence-electron chi connectivity index (χ4n) is 4.69. The van der Waals surface area contributed by atoms with Crippen LogP contribution in [0.15, 0.2) is 42.5 Å². The largest absolute Gasteiger partial charge is 0.325 e. The Hall–Kier alpha value is -2.44. The first-order chi connectivity index (χ1) is 16.1. The van der Waals surface area contributed by atoms with Crippen molar-refractivity contribution in [1.82, 2.24) is 4.90 Å². The minimum atomic E-state index is -3.03. The fourth-order valence-corrected chi connectivity index (χ4v) is 5.45. The first-order valence-electron chi connectivity index (χ1n) is 12.1. The summed E-state index contributed by atoms with van der Waals surface area (Å²) in [5.74, 6) is -0.330. The van der Waals surface area contributed by atoms with E-state index in [1.807, 2.05) is 38.4 Å². The van der Waals surface area contributed by atoms with Crippen LogP contribution in [0.4, 0.5) is 5.69 Å². The van der Waals surface area contributed by atoms with E-state index in [2.05, 4.69) is 56.1 Å². The Morgan fingerprint density at radius 1 is 1.00 bits per heavy atom. The zero-order valence-electron chi connectivity index (χ0n) is 21.2. The first kappa shape index (κ1) is 26.2. The molecular weight excluding hydrogens is 444 g/mol. The number of rotatable bonds is 9. The van der Waals surface area contributed by atoms with Crippen molar-refractivity contribution in [2.45, 2.75) is 70.6 Å². The number of hydrogen-bond acceptors (Lipinski definition) is 4. The van der Waals surface area contributed by atoms with E-state index < -0.39 is 21.9 Å². The molecule has 6 heteroatoms. The molecule has 0 aromatic heterocycles. The molecule has 5 nitrogen and oxygen atoms in total. The lowest BCUT2D eigenvalue weighted by atomic mass is 9.83. The van der Waals surface area contributed by atoms with Crippen LogP contribution in [-0.4, -0.2) is 33.3 Å². The van der Waals surface area contributed by atoms with E-state index in [4.69, 9.17) is 0 Å². The van der Waals surface area contributed by atoms with Gasteiger partial charge in [-0.3, -0.25) is 4.79 Å². The number of carbonyl (C=O) groups excluding carboxylic acids is 1. The van der Waals surface area contributed by atoms with E-state index in [-0.39, 0.29) is 11.8 Å². The van der Waals surface area contributed by atoms with Crippen molar-refractivity contribution in [3.8, 4) is 0 Å². The second-order valence-electron chi connectivity index (χ2n) is 10.1. The quantitative estimate of drug-likeness (QED) is 0.440. The number of carbonyl (C=O) groups is 1. The van der Waals surface area contributed by atoms with E-state index in [0.29, 0.717) is 11.3 Å². The summed E-state index contributed by atoms with van der Waals surface area (Å²) in [6.45, 7) is 9.04. The van der Waals surface area contributed by atoms with Crippen LogP contribution in [0.1, 0.15) is 91.9 Å². The van der Waals surface area contributed by atoms with Crippen molar-refractivity contribution < 1.29 is 13.2 Å². The smallest absolute Gasteiger partial charge is 0.247 e. The van der Waals surface area contributed by atoms with Crippen LogP contribution < -0.4 is 5.32 Å². The van der Waals surface area contributed by atoms with Gasteiger partial charge >= 0.3 is 0 Å². The predicted molar refractivity (Wildman–Crippen MR) is 142 cm³/mol. The molecule has 0 spiro atoms. The topological polar surface area (TPSA) is 66.5 Å². The molecular formula is C28H38N2O3S. The number of anilines is 1. The van der Waals surface area contributed by atoms with Gasteiger partial charge in [-0.15, -0.1) is 0 Å². The Morgan fingerprint density at radius 3 is 2.03 bits per heavy atom. The molecule has 0 saturated carbocycles. The van der Waals surface area contributed by atoms with Crippen LogP contribution in [0.25, 0.3) is 5.57 Å². The van der Waals surface area contributed by atoms with Crippen LogP contribution >= 0.6 is 0 Å². The molecule has 0 heterocycles. The van der Waals surface area contributed by atoms with Gasteiger partial charge in [0.15, 0.2) is 16.0 Å². The van der Waals surface area contributed by atoms with Crippen LogP contribution in [-0.2, 0) is 22.0 Å². The first-order valence-corrected chi connectivity index (χ1v) is 13.4. The molecule has 1 atom stereocenters. The van der Waals surface area contributed by atoms with E-state index in [0.717, 1.165) is 48.1 Å². The molecule has 1 amide bonds. The number of allylic oxidation sites excluding steroid dienone is 2. The zero-order chi connectivity index (χ0) is 25.0. The van der Waals surface area contributed by atoms with Gasteiger partial charge in [0.05, 0.1) is 0 Å². The monoisotopic (exact) mass is 482 g/mol. The summed E-state index contributed by atoms with van der Waals surface area (Å²) in [6.07, 6.45) is 5.55. The summed E-state index contributed by atoms with van der Waals surface area (Å²) in [6, 6.07) is 11.8. The van der Waals surface area contributed by atoms with Crippen LogP contribution in [0.5, 0.6) is 0 Å². The average molecular weight is 483 g/mol. The maximum atomic E-state index is 13.4. The molecule has 2 aromatic carbocycles. The van der Waals surface area contributed by atoms with Gasteiger partial charge in [0, 0.05) is 12.2 Å². The molecule has 0 bridgehead atoms. The van der Waals surface area contributed by atoms with Crippen molar-refractivity contribution in [3.63, 3.8) is 0 Å². The standard InChI is InChI=1S/C28H38N2O3S/c1-18(2)24-15-22(21-9-7-8-10-21)16-25(19(3)4)26(24)27(34(32)33)28(31)29-23-13-11-20(12-14-23)17-30(5)6/h9,11-16,18-19,27,34H,7-8,10,17H2,1-6H3,(H,29,31). The Balaban J connectivity index is 2.03. The van der Waals surface area contributed by atoms with Gasteiger partial charge in [0.25, 0.3) is 0 Å². The van der Waals surface area contributed by atoms with Crippen molar-refractivity contribution >= 4 is 27.9 Å². The third-order valence-corrected chi connectivity index (χ3v) is 7.27. The van der Waals surface area contributed by atoms with Gasteiger partial charge in [0.2, 0.25) is 5.91 Å². The number of nitrogens with one attached hydrogen (secondary N) is 1. The van der Waals surface area contributed by atoms with Crippen molar-refractivity contribution in [2.24, 2.45) is 0 Å². The van der Waals surface area contributed by atoms with Crippen molar-refractivity contribution in [1.29, 1.82) is 0 Å². The van der Waals surface area contributed by atoms with Gasteiger partial charge in [-0.1, -0.05) is 58.0 Å². The second-order valence-corrected chi connectivity index (χ2v) is 11.2. The van der Waals surface area contributed by atoms with Gasteiger partial charge in [-0.05, 0) is 90.7 Å². The molecule has 1 aliphatic carbocycles. The zero-order valence-corrected chi connectivity index (χ0v) is 22.1. The third-order valence-electron chi connectivity index (χ3n) is 6.35.